The third kappa shape index (κ3) is 3.33. The van der Waals surface area contributed by atoms with Crippen LogP contribution in [0.5, 0.6) is 0 Å². The van der Waals surface area contributed by atoms with Gasteiger partial charge >= 0.3 is 5.69 Å². The highest BCUT2D eigenvalue weighted by molar-refractivity contribution is 7.89. The molecule has 0 radical (unpaired) electrons. The molecule has 0 aliphatic heterocycles. The molecular formula is C13H19N3O4S. The average Bonchev–Trinajstić information content (AvgIpc) is 3.22. The first kappa shape index (κ1) is 15.7. The highest BCUT2D eigenvalue weighted by atomic mass is 32.2. The van der Waals surface area contributed by atoms with E-state index in [1.54, 1.807) is 6.92 Å². The number of hydrogen-bond acceptors (Lipinski definition) is 5. The topological polar surface area (TPSA) is 92.6 Å². The Balaban J connectivity index is 2.45. The highest BCUT2D eigenvalue weighted by Gasteiger charge is 2.34. The van der Waals surface area contributed by atoms with Crippen molar-refractivity contribution in [2.24, 2.45) is 5.92 Å². The number of para-hydroxylation sites is 1. The molecule has 0 heterocycles. The Kier molecular flexibility index (Phi) is 4.48. The van der Waals surface area contributed by atoms with Crippen molar-refractivity contribution in [1.82, 2.24) is 4.31 Å². The average molecular weight is 313 g/mol. The summed E-state index contributed by atoms with van der Waals surface area (Å²) >= 11 is 0. The monoisotopic (exact) mass is 313 g/mol. The molecule has 1 fully saturated rings. The first-order valence-electron chi connectivity index (χ1n) is 6.85. The Morgan fingerprint density at radius 3 is 2.62 bits per heavy atom. The van der Waals surface area contributed by atoms with E-state index >= 15 is 0 Å². The smallest absolute Gasteiger partial charge is 0.312 e. The molecule has 0 atom stereocenters. The summed E-state index contributed by atoms with van der Waals surface area (Å²) in [5, 5.41) is 14.1. The van der Waals surface area contributed by atoms with Crippen LogP contribution in [-0.2, 0) is 10.0 Å². The van der Waals surface area contributed by atoms with Gasteiger partial charge in [-0.3, -0.25) is 10.1 Å². The fourth-order valence-electron chi connectivity index (χ4n) is 2.18. The summed E-state index contributed by atoms with van der Waals surface area (Å²) in [7, 11) is -2.39. The Hall–Kier alpha value is -1.67. The van der Waals surface area contributed by atoms with Gasteiger partial charge in [-0.2, -0.15) is 0 Å². The van der Waals surface area contributed by atoms with Crippen molar-refractivity contribution in [1.29, 1.82) is 0 Å². The maximum absolute atomic E-state index is 12.6. The second-order valence-electron chi connectivity index (χ2n) is 5.17. The van der Waals surface area contributed by atoms with Crippen LogP contribution in [0.2, 0.25) is 0 Å². The maximum atomic E-state index is 12.6. The lowest BCUT2D eigenvalue weighted by atomic mass is 10.2. The number of nitrogens with zero attached hydrogens (tertiary/aromatic N) is 2. The van der Waals surface area contributed by atoms with E-state index in [0.29, 0.717) is 19.0 Å². The van der Waals surface area contributed by atoms with E-state index in [2.05, 4.69) is 5.32 Å². The molecule has 1 aromatic carbocycles. The van der Waals surface area contributed by atoms with Crippen LogP contribution < -0.4 is 5.32 Å². The van der Waals surface area contributed by atoms with Crippen LogP contribution in [0.25, 0.3) is 0 Å². The minimum atomic E-state index is -3.86. The van der Waals surface area contributed by atoms with Crippen molar-refractivity contribution in [3.8, 4) is 0 Å². The van der Waals surface area contributed by atoms with Crippen LogP contribution in [-0.4, -0.2) is 37.8 Å². The zero-order valence-electron chi connectivity index (χ0n) is 12.1. The molecule has 0 bridgehead atoms. The van der Waals surface area contributed by atoms with Crippen LogP contribution in [0.1, 0.15) is 19.8 Å². The summed E-state index contributed by atoms with van der Waals surface area (Å²) in [5.41, 5.74) is -0.162. The van der Waals surface area contributed by atoms with Gasteiger partial charge in [0.15, 0.2) is 4.90 Å². The van der Waals surface area contributed by atoms with Gasteiger partial charge in [-0.15, -0.1) is 0 Å². The maximum Gasteiger partial charge on any atom is 0.312 e. The van der Waals surface area contributed by atoms with Crippen LogP contribution in [0.4, 0.5) is 11.4 Å². The van der Waals surface area contributed by atoms with E-state index < -0.39 is 14.9 Å². The van der Waals surface area contributed by atoms with Crippen molar-refractivity contribution >= 4 is 21.4 Å². The lowest BCUT2D eigenvalue weighted by Gasteiger charge is -2.17. The van der Waals surface area contributed by atoms with Crippen molar-refractivity contribution in [3.05, 3.63) is 28.3 Å². The second-order valence-corrected chi connectivity index (χ2v) is 7.18. The van der Waals surface area contributed by atoms with E-state index in [0.717, 1.165) is 12.8 Å². The molecule has 2 rings (SSSR count). The van der Waals surface area contributed by atoms with Gasteiger partial charge in [0.1, 0.15) is 5.69 Å². The molecule has 1 aliphatic rings. The number of rotatable bonds is 7. The minimum Gasteiger partial charge on any atom is -0.380 e. The van der Waals surface area contributed by atoms with Crippen molar-refractivity contribution in [2.75, 3.05) is 25.5 Å². The normalized spacial score (nSPS) is 15.2. The van der Waals surface area contributed by atoms with Gasteiger partial charge in [0.25, 0.3) is 0 Å². The molecule has 0 saturated heterocycles. The molecule has 7 nitrogen and oxygen atoms in total. The number of nitrogens with one attached hydrogen (secondary N) is 1. The van der Waals surface area contributed by atoms with Gasteiger partial charge in [0.2, 0.25) is 10.0 Å². The molecule has 0 amide bonds. The molecule has 1 saturated carbocycles. The van der Waals surface area contributed by atoms with E-state index in [1.165, 1.54) is 29.6 Å². The minimum absolute atomic E-state index is 0.225. The highest BCUT2D eigenvalue weighted by Crippen LogP contribution is 2.35. The Morgan fingerprint density at radius 1 is 1.43 bits per heavy atom. The van der Waals surface area contributed by atoms with Gasteiger partial charge in [0, 0.05) is 20.1 Å². The molecule has 116 valence electrons. The largest absolute Gasteiger partial charge is 0.380 e. The Bertz CT molecular complexity index is 641. The zero-order chi connectivity index (χ0) is 15.6. The second kappa shape index (κ2) is 5.98. The van der Waals surface area contributed by atoms with E-state index in [9.17, 15) is 18.5 Å². The lowest BCUT2D eigenvalue weighted by molar-refractivity contribution is -0.386. The van der Waals surface area contributed by atoms with Crippen molar-refractivity contribution in [3.63, 3.8) is 0 Å². The number of nitro groups is 1. The molecule has 0 aromatic heterocycles. The van der Waals surface area contributed by atoms with Crippen LogP contribution >= 0.6 is 0 Å². The van der Waals surface area contributed by atoms with Gasteiger partial charge < -0.3 is 5.32 Å². The first-order valence-corrected chi connectivity index (χ1v) is 8.29. The number of hydrogen-bond donors (Lipinski definition) is 1. The standard InChI is InChI=1S/C13H19N3O4S/c1-3-14-11-5-4-6-12(13(11)16(17)18)21(19,20)15(2)9-10-7-8-10/h4-6,10,14H,3,7-9H2,1-2H3. The molecule has 1 aromatic rings. The van der Waals surface area contributed by atoms with Gasteiger partial charge in [0.05, 0.1) is 4.92 Å². The van der Waals surface area contributed by atoms with E-state index in [4.69, 9.17) is 0 Å². The van der Waals surface area contributed by atoms with Crippen molar-refractivity contribution < 1.29 is 13.3 Å². The fraction of sp³-hybridized carbons (Fsp3) is 0.538. The molecule has 0 spiro atoms. The summed E-state index contributed by atoms with van der Waals surface area (Å²) in [5.74, 6) is 0.376. The number of anilines is 1. The SMILES string of the molecule is CCNc1cccc(S(=O)(=O)N(C)CC2CC2)c1[N+](=O)[O-]. The summed E-state index contributed by atoms with van der Waals surface area (Å²) in [6.07, 6.45) is 2.03. The third-order valence-corrected chi connectivity index (χ3v) is 5.30. The molecule has 1 N–H and O–H groups in total. The van der Waals surface area contributed by atoms with Crippen LogP contribution in [0, 0.1) is 16.0 Å². The van der Waals surface area contributed by atoms with Crippen LogP contribution in [0.3, 0.4) is 0 Å². The lowest BCUT2D eigenvalue weighted by Crippen LogP contribution is -2.29. The molecule has 1 aliphatic carbocycles. The number of benzene rings is 1. The van der Waals surface area contributed by atoms with E-state index in [1.807, 2.05) is 0 Å². The number of nitro benzene ring substituents is 1. The summed E-state index contributed by atoms with van der Waals surface area (Å²) in [6.45, 7) is 2.68. The molecule has 21 heavy (non-hydrogen) atoms. The van der Waals surface area contributed by atoms with E-state index in [-0.39, 0.29) is 16.3 Å². The van der Waals surface area contributed by atoms with Gasteiger partial charge in [-0.25, -0.2) is 12.7 Å². The quantitative estimate of drug-likeness (QED) is 0.614. The summed E-state index contributed by atoms with van der Waals surface area (Å²) in [6, 6.07) is 4.32. The summed E-state index contributed by atoms with van der Waals surface area (Å²) < 4.78 is 26.4. The fourth-order valence-corrected chi connectivity index (χ4v) is 3.60. The zero-order valence-corrected chi connectivity index (χ0v) is 12.9. The molecular weight excluding hydrogens is 294 g/mol. The van der Waals surface area contributed by atoms with Gasteiger partial charge in [-0.05, 0) is 37.8 Å². The van der Waals surface area contributed by atoms with Crippen LogP contribution in [0.15, 0.2) is 23.1 Å². The van der Waals surface area contributed by atoms with Crippen molar-refractivity contribution in [2.45, 2.75) is 24.7 Å². The Labute approximate surface area is 124 Å². The molecule has 8 heteroatoms. The first-order chi connectivity index (χ1) is 9.87. The van der Waals surface area contributed by atoms with Gasteiger partial charge in [-0.1, -0.05) is 6.07 Å². The molecule has 0 unspecified atom stereocenters. The number of sulfonamides is 1. The summed E-state index contributed by atoms with van der Waals surface area (Å²) in [4.78, 5) is 10.4. The predicted octanol–water partition coefficient (Wildman–Crippen LogP) is 2.06. The third-order valence-electron chi connectivity index (χ3n) is 3.45. The Morgan fingerprint density at radius 2 is 2.10 bits per heavy atom. The predicted molar refractivity (Wildman–Crippen MR) is 79.8 cm³/mol.